The van der Waals surface area contributed by atoms with Crippen LogP contribution in [-0.4, -0.2) is 33.1 Å². The van der Waals surface area contributed by atoms with Crippen molar-refractivity contribution < 1.29 is 24.0 Å². The molecule has 0 amide bonds. The van der Waals surface area contributed by atoms with Crippen LogP contribution in [0.3, 0.4) is 0 Å². The number of H-pyrrole nitrogens is 1. The van der Waals surface area contributed by atoms with E-state index in [4.69, 9.17) is 4.74 Å². The van der Waals surface area contributed by atoms with E-state index in [1.54, 1.807) is 0 Å². The van der Waals surface area contributed by atoms with Gasteiger partial charge in [-0.2, -0.15) is 0 Å². The second-order valence-corrected chi connectivity index (χ2v) is 15.9. The van der Waals surface area contributed by atoms with Gasteiger partial charge in [0.25, 0.3) is 0 Å². The number of carboxylic acids is 1. The molecule has 1 unspecified atom stereocenters. The van der Waals surface area contributed by atoms with Gasteiger partial charge in [0.15, 0.2) is 5.78 Å². The van der Waals surface area contributed by atoms with Crippen molar-refractivity contribution in [2.45, 2.75) is 112 Å². The lowest BCUT2D eigenvalue weighted by Crippen LogP contribution is -2.67. The zero-order valence-electron chi connectivity index (χ0n) is 25.2. The number of aromatic amines is 1. The molecule has 8 nitrogen and oxygen atoms in total. The molecule has 1 heterocycles. The summed E-state index contributed by atoms with van der Waals surface area (Å²) >= 11 is 0. The van der Waals surface area contributed by atoms with Gasteiger partial charge in [0, 0.05) is 11.3 Å². The molecule has 1 aromatic heterocycles. The second-order valence-electron chi connectivity index (χ2n) is 15.9. The number of aliphatic carboxylic acids is 1. The zero-order chi connectivity index (χ0) is 29.1. The highest BCUT2D eigenvalue weighted by molar-refractivity contribution is 5.95. The lowest BCUT2D eigenvalue weighted by Gasteiger charge is -2.70. The molecule has 5 aliphatic carbocycles. The SMILES string of the molecule is CC1(C)C(Oc2noc(=O)[nH]2)CC[C@]2(C)[C@H]3C(=O)C=C4[C@@H]5C[C@@](C)(C(=O)O)CC[C@]5(C)CC[C@@]4(C)[C@]3(C)CC[C@@H]12. The van der Waals surface area contributed by atoms with Crippen LogP contribution >= 0.6 is 0 Å². The van der Waals surface area contributed by atoms with Gasteiger partial charge in [-0.3, -0.25) is 14.1 Å². The van der Waals surface area contributed by atoms with E-state index in [0.29, 0.717) is 12.8 Å². The van der Waals surface area contributed by atoms with Gasteiger partial charge in [0.05, 0.1) is 5.41 Å². The van der Waals surface area contributed by atoms with Crippen molar-refractivity contribution in [1.29, 1.82) is 0 Å². The molecule has 0 bridgehead atoms. The van der Waals surface area contributed by atoms with E-state index in [9.17, 15) is 19.5 Å². The summed E-state index contributed by atoms with van der Waals surface area (Å²) < 4.78 is 10.8. The average molecular weight is 555 g/mol. The Hall–Kier alpha value is -2.38. The number of fused-ring (bicyclic) bond motifs is 7. The maximum Gasteiger partial charge on any atom is 0.441 e. The van der Waals surface area contributed by atoms with Crippen molar-refractivity contribution in [3.8, 4) is 6.01 Å². The fourth-order valence-electron chi connectivity index (χ4n) is 11.0. The van der Waals surface area contributed by atoms with Crippen LogP contribution in [0, 0.1) is 50.2 Å². The number of hydrogen-bond donors (Lipinski definition) is 2. The van der Waals surface area contributed by atoms with Crippen molar-refractivity contribution in [1.82, 2.24) is 10.1 Å². The largest absolute Gasteiger partial charge is 0.481 e. The van der Waals surface area contributed by atoms with E-state index >= 15 is 0 Å². The zero-order valence-corrected chi connectivity index (χ0v) is 25.2. The fraction of sp³-hybridized carbons (Fsp3) is 0.812. The third-order valence-corrected chi connectivity index (χ3v) is 13.7. The molecular formula is C32H46N2O6. The van der Waals surface area contributed by atoms with Gasteiger partial charge in [-0.15, -0.1) is 0 Å². The Bertz CT molecular complexity index is 1340. The van der Waals surface area contributed by atoms with E-state index < -0.39 is 17.1 Å². The maximum atomic E-state index is 14.5. The molecule has 6 rings (SSSR count). The Morgan fingerprint density at radius 2 is 1.70 bits per heavy atom. The topological polar surface area (TPSA) is 122 Å². The fourth-order valence-corrected chi connectivity index (χ4v) is 11.0. The molecule has 2 N–H and O–H groups in total. The summed E-state index contributed by atoms with van der Waals surface area (Å²) in [6, 6.07) is 0.118. The number of ether oxygens (including phenoxy) is 1. The van der Waals surface area contributed by atoms with Crippen molar-refractivity contribution in [3.05, 3.63) is 22.2 Å². The molecule has 0 aliphatic heterocycles. The number of aromatic nitrogens is 2. The molecular weight excluding hydrogens is 508 g/mol. The predicted octanol–water partition coefficient (Wildman–Crippen LogP) is 6.18. The van der Waals surface area contributed by atoms with Gasteiger partial charge < -0.3 is 9.84 Å². The highest BCUT2D eigenvalue weighted by atomic mass is 16.6. The molecule has 9 atom stereocenters. The summed E-state index contributed by atoms with van der Waals surface area (Å²) in [6.07, 6.45) is 9.77. The molecule has 40 heavy (non-hydrogen) atoms. The van der Waals surface area contributed by atoms with Crippen LogP contribution in [0.25, 0.3) is 0 Å². The standard InChI is InChI=1S/C32H46N2O6/c1-27(2)21-8-11-32(7)23(30(21,5)10-9-22(27)39-25-33-26(38)40-34-25)20(35)16-18-19-17-29(4,24(36)37)13-12-28(19,3)14-15-31(18,32)6/h16,19,21-23H,8-15,17H2,1-7H3,(H,36,37)(H,33,34,38)/t19-,21-,22?,23+,28+,29-,30-,31+,32+/m0/s1. The van der Waals surface area contributed by atoms with Crippen molar-refractivity contribution in [2.24, 2.45) is 50.2 Å². The number of nitrogens with one attached hydrogen (secondary N) is 1. The van der Waals surface area contributed by atoms with Crippen LogP contribution in [0.5, 0.6) is 6.01 Å². The van der Waals surface area contributed by atoms with Gasteiger partial charge in [-0.05, 0) is 109 Å². The Morgan fingerprint density at radius 1 is 1.00 bits per heavy atom. The van der Waals surface area contributed by atoms with Crippen LogP contribution in [-0.2, 0) is 9.59 Å². The molecule has 4 fully saturated rings. The minimum Gasteiger partial charge on any atom is -0.481 e. The van der Waals surface area contributed by atoms with Crippen LogP contribution in [0.1, 0.15) is 106 Å². The molecule has 4 saturated carbocycles. The molecule has 0 radical (unpaired) electrons. The van der Waals surface area contributed by atoms with Crippen molar-refractivity contribution >= 4 is 11.8 Å². The van der Waals surface area contributed by atoms with E-state index in [1.165, 1.54) is 5.57 Å². The Morgan fingerprint density at radius 3 is 2.35 bits per heavy atom. The smallest absolute Gasteiger partial charge is 0.441 e. The first-order valence-electron chi connectivity index (χ1n) is 15.2. The minimum absolute atomic E-state index is 0.0460. The van der Waals surface area contributed by atoms with Gasteiger partial charge in [0.1, 0.15) is 6.10 Å². The highest BCUT2D eigenvalue weighted by Crippen LogP contribution is 2.75. The Kier molecular flexibility index (Phi) is 5.79. The van der Waals surface area contributed by atoms with Crippen molar-refractivity contribution in [2.75, 3.05) is 0 Å². The first-order chi connectivity index (χ1) is 18.5. The number of rotatable bonds is 3. The third-order valence-electron chi connectivity index (χ3n) is 13.7. The Balaban J connectivity index is 1.38. The third kappa shape index (κ3) is 3.49. The van der Waals surface area contributed by atoms with E-state index in [0.717, 1.165) is 44.9 Å². The summed E-state index contributed by atoms with van der Waals surface area (Å²) in [5, 5.41) is 13.9. The molecule has 5 aliphatic rings. The summed E-state index contributed by atoms with van der Waals surface area (Å²) in [5.74, 6) is -0.813. The molecule has 1 aromatic rings. The maximum absolute atomic E-state index is 14.5. The minimum atomic E-state index is -0.746. The first kappa shape index (κ1) is 27.8. The van der Waals surface area contributed by atoms with Crippen LogP contribution in [0.2, 0.25) is 0 Å². The number of hydrogen-bond acceptors (Lipinski definition) is 6. The summed E-state index contributed by atoms with van der Waals surface area (Å²) in [6.45, 7) is 15.8. The van der Waals surface area contributed by atoms with Gasteiger partial charge in [0.2, 0.25) is 0 Å². The summed E-state index contributed by atoms with van der Waals surface area (Å²) in [7, 11) is 0. The normalized spacial score (nSPS) is 47.7. The molecule has 0 aromatic carbocycles. The van der Waals surface area contributed by atoms with E-state index in [2.05, 4.69) is 56.2 Å². The lowest BCUT2D eigenvalue weighted by atomic mass is 9.33. The van der Waals surface area contributed by atoms with Crippen LogP contribution in [0.4, 0.5) is 0 Å². The molecule has 0 spiro atoms. The van der Waals surface area contributed by atoms with Crippen LogP contribution in [0.15, 0.2) is 21.0 Å². The quantitative estimate of drug-likeness (QED) is 0.458. The Labute approximate surface area is 236 Å². The highest BCUT2D eigenvalue weighted by Gasteiger charge is 2.70. The monoisotopic (exact) mass is 554 g/mol. The summed E-state index contributed by atoms with van der Waals surface area (Å²) in [5.41, 5.74) is -0.234. The average Bonchev–Trinajstić information content (AvgIpc) is 3.27. The van der Waals surface area contributed by atoms with Crippen molar-refractivity contribution in [3.63, 3.8) is 0 Å². The van der Waals surface area contributed by atoms with Gasteiger partial charge in [-0.25, -0.2) is 9.78 Å². The van der Waals surface area contributed by atoms with E-state index in [-0.39, 0.29) is 62.7 Å². The van der Waals surface area contributed by atoms with Gasteiger partial charge in [-0.1, -0.05) is 47.1 Å². The molecule has 220 valence electrons. The number of carbonyl (C=O) groups excluding carboxylic acids is 1. The number of nitrogens with zero attached hydrogens (tertiary/aromatic N) is 1. The number of carbonyl (C=O) groups is 2. The number of carboxylic acid groups (broad SMARTS) is 1. The molecule has 0 saturated heterocycles. The first-order valence-corrected chi connectivity index (χ1v) is 15.2. The second kappa shape index (κ2) is 8.34. The summed E-state index contributed by atoms with van der Waals surface area (Å²) in [4.78, 5) is 40.8. The number of allylic oxidation sites excluding steroid dienone is 2. The van der Waals surface area contributed by atoms with Gasteiger partial charge >= 0.3 is 17.7 Å². The predicted molar refractivity (Wildman–Crippen MR) is 149 cm³/mol. The lowest BCUT2D eigenvalue weighted by molar-refractivity contribution is -0.200. The molecule has 8 heteroatoms. The van der Waals surface area contributed by atoms with E-state index in [1.807, 2.05) is 13.0 Å². The number of ketones is 1. The van der Waals surface area contributed by atoms with Crippen LogP contribution < -0.4 is 10.5 Å².